The van der Waals surface area contributed by atoms with E-state index in [9.17, 15) is 9.59 Å². The van der Waals surface area contributed by atoms with Gasteiger partial charge in [-0.3, -0.25) is 0 Å². The number of hydrogen-bond acceptors (Lipinski definition) is 1. The van der Waals surface area contributed by atoms with Crippen LogP contribution < -0.4 is 0 Å². The molecule has 7 nitrogen and oxygen atoms in total. The Morgan fingerprint density at radius 3 is 1.11 bits per heavy atom. The van der Waals surface area contributed by atoms with Crippen molar-refractivity contribution in [1.82, 2.24) is 0 Å². The average molecular weight is 511 g/mol. The summed E-state index contributed by atoms with van der Waals surface area (Å²) in [4.78, 5) is 34.9. The van der Waals surface area contributed by atoms with Crippen LogP contribution in [0, 0.1) is 47.3 Å². The van der Waals surface area contributed by atoms with Gasteiger partial charge in [-0.2, -0.15) is 0 Å². The van der Waals surface area contributed by atoms with Gasteiger partial charge in [-0.1, -0.05) is 36.4 Å². The molecule has 9 N–H and O–H groups in total. The molecule has 0 aliphatic rings. The molecular formula is C19H26NdO7+7. The van der Waals surface area contributed by atoms with Gasteiger partial charge < -0.3 is 25.3 Å². The van der Waals surface area contributed by atoms with Gasteiger partial charge in [0, 0.05) is 6.42 Å². The van der Waals surface area contributed by atoms with Gasteiger partial charge in [0.05, 0.1) is 0 Å². The molecule has 0 amide bonds. The van der Waals surface area contributed by atoms with Crippen molar-refractivity contribution in [3.05, 3.63) is 78.2 Å². The smallest absolute Gasteiger partial charge is 0.870 e. The maximum Gasteiger partial charge on any atom is 3.00 e. The van der Waals surface area contributed by atoms with E-state index in [0.717, 1.165) is 0 Å². The summed E-state index contributed by atoms with van der Waals surface area (Å²) in [7, 11) is 0. The van der Waals surface area contributed by atoms with Crippen LogP contribution in [0.25, 0.3) is 0 Å². The van der Waals surface area contributed by atoms with E-state index in [-0.39, 0.29) is 69.8 Å². The molecule has 8 heteroatoms. The molecule has 0 bridgehead atoms. The second kappa shape index (κ2) is 17.3. The molecule has 0 spiro atoms. The van der Waals surface area contributed by atoms with E-state index in [2.05, 4.69) is 0 Å². The SMILES string of the molecule is CC(=[OH+])[OH2+].CC(=[OH+])[OH2+].[Nd+3].[OH+]=C([CH-]C(=[OH+])c1ccccc1)c1ccccc1.[OH-]. The number of carbonyl (C=O) groups excluding carboxylic acids is 4. The summed E-state index contributed by atoms with van der Waals surface area (Å²) < 4.78 is 0. The van der Waals surface area contributed by atoms with Crippen molar-refractivity contribution in [2.45, 2.75) is 13.8 Å². The molecule has 1 radical (unpaired) electrons. The molecule has 0 aliphatic heterocycles. The van der Waals surface area contributed by atoms with Crippen molar-refractivity contribution >= 4 is 23.5 Å². The monoisotopic (exact) mass is 508 g/mol. The summed E-state index contributed by atoms with van der Waals surface area (Å²) in [6, 6.07) is 18.2. The molecule has 0 heterocycles. The average Bonchev–Trinajstić information content (AvgIpc) is 2.55. The molecular weight excluding hydrogens is 484 g/mol. The molecule has 2 aromatic carbocycles. The van der Waals surface area contributed by atoms with Crippen LogP contribution in [0.5, 0.6) is 0 Å². The first kappa shape index (κ1) is 29.7. The zero-order valence-corrected chi connectivity index (χ0v) is 18.3. The van der Waals surface area contributed by atoms with Crippen LogP contribution in [0.2, 0.25) is 0 Å². The molecule has 0 atom stereocenters. The Bertz CT molecular complexity index is 631. The summed E-state index contributed by atoms with van der Waals surface area (Å²) in [5.41, 5.74) is 1.35. The van der Waals surface area contributed by atoms with Gasteiger partial charge in [-0.05, 0) is 11.1 Å². The Morgan fingerprint density at radius 1 is 0.667 bits per heavy atom. The van der Waals surface area contributed by atoms with Gasteiger partial charge in [0.2, 0.25) is 0 Å². The first-order valence-corrected chi connectivity index (χ1v) is 7.29. The molecule has 0 unspecified atom stereocenters. The predicted octanol–water partition coefficient (Wildman–Crippen LogP) is 0.667. The molecule has 2 aromatic rings. The molecule has 0 aliphatic carbocycles. The van der Waals surface area contributed by atoms with E-state index in [1.54, 1.807) is 24.3 Å². The van der Waals surface area contributed by atoms with Gasteiger partial charge in [-0.15, -0.1) is 24.3 Å². The van der Waals surface area contributed by atoms with E-state index in [4.69, 9.17) is 19.8 Å². The fourth-order valence-electron chi connectivity index (χ4n) is 1.51. The number of hydrogen-bond donors (Lipinski definition) is 0. The molecule has 0 aromatic heterocycles. The molecule has 27 heavy (non-hydrogen) atoms. The summed E-state index contributed by atoms with van der Waals surface area (Å²) >= 11 is 0. The zero-order chi connectivity index (χ0) is 19.2. The second-order valence-electron chi connectivity index (χ2n) is 4.82. The molecule has 0 saturated heterocycles. The third kappa shape index (κ3) is 17.1. The first-order valence-electron chi connectivity index (χ1n) is 7.29. The number of rotatable bonds is 4. The predicted molar refractivity (Wildman–Crippen MR) is 104 cm³/mol. The third-order valence-electron chi connectivity index (χ3n) is 2.41. The quantitative estimate of drug-likeness (QED) is 0.251. The maximum absolute atomic E-state index is 9.83. The van der Waals surface area contributed by atoms with E-state index in [0.29, 0.717) is 11.1 Å². The maximum atomic E-state index is 9.83. The Labute approximate surface area is 190 Å². The van der Waals surface area contributed by atoms with Crippen molar-refractivity contribution in [2.75, 3.05) is 0 Å². The number of ketones is 2. The fraction of sp³-hybridized carbons (Fsp3) is 0.105. The van der Waals surface area contributed by atoms with E-state index >= 15 is 0 Å². The molecule has 0 fully saturated rings. The minimum absolute atomic E-state index is 0. The van der Waals surface area contributed by atoms with E-state index in [1.807, 2.05) is 36.4 Å². The van der Waals surface area contributed by atoms with E-state index in [1.165, 1.54) is 20.3 Å². The first-order chi connectivity index (χ1) is 11.7. The van der Waals surface area contributed by atoms with Gasteiger partial charge in [0.1, 0.15) is 13.8 Å². The summed E-state index contributed by atoms with van der Waals surface area (Å²) in [5.74, 6) is -0.570. The number of benzene rings is 2. The Hall–Kier alpha value is -2.10. The van der Waals surface area contributed by atoms with Crippen LogP contribution >= 0.6 is 0 Å². The van der Waals surface area contributed by atoms with Crippen LogP contribution in [0.1, 0.15) is 25.0 Å². The van der Waals surface area contributed by atoms with Crippen molar-refractivity contribution < 1.29 is 75.7 Å². The van der Waals surface area contributed by atoms with Crippen molar-refractivity contribution in [1.29, 1.82) is 0 Å². The van der Waals surface area contributed by atoms with Gasteiger partial charge >= 0.3 is 52.8 Å². The van der Waals surface area contributed by atoms with Crippen molar-refractivity contribution in [2.24, 2.45) is 0 Å². The zero-order valence-electron chi connectivity index (χ0n) is 15.1. The van der Waals surface area contributed by atoms with E-state index < -0.39 is 0 Å². The summed E-state index contributed by atoms with van der Waals surface area (Å²) in [6.07, 6.45) is 1.35. The standard InChI is InChI=1S/C15H11O2.2C2H4O2.Nd.H2O/c16-14(12-7-3-1-4-8-12)11-15(17)13-9-5-2-6-10-13;2*1-2(3)4;;/h1-11H;2*1H3,(H,3,4);;1H2/q-1;;;+3;/p+5. The van der Waals surface area contributed by atoms with Gasteiger partial charge in [0.25, 0.3) is 11.6 Å². The fourth-order valence-corrected chi connectivity index (χ4v) is 1.51. The molecule has 2 rings (SSSR count). The van der Waals surface area contributed by atoms with Gasteiger partial charge in [-0.25, -0.2) is 9.59 Å². The molecule has 0 saturated carbocycles. The van der Waals surface area contributed by atoms with Crippen LogP contribution in [-0.4, -0.2) is 58.4 Å². The minimum Gasteiger partial charge on any atom is -0.870 e. The van der Waals surface area contributed by atoms with Crippen molar-refractivity contribution in [3.63, 3.8) is 0 Å². The minimum atomic E-state index is -0.333. The summed E-state index contributed by atoms with van der Waals surface area (Å²) in [6.45, 7) is 2.61. The van der Waals surface area contributed by atoms with Gasteiger partial charge in [0.15, 0.2) is 0 Å². The topological polar surface area (TPSA) is 161 Å². The second-order valence-corrected chi connectivity index (χ2v) is 4.82. The van der Waals surface area contributed by atoms with Crippen LogP contribution in [0.15, 0.2) is 60.7 Å². The van der Waals surface area contributed by atoms with Crippen LogP contribution in [-0.2, 0) is 0 Å². The summed E-state index contributed by atoms with van der Waals surface area (Å²) in [5, 5.41) is 12.1. The van der Waals surface area contributed by atoms with Crippen LogP contribution in [0.4, 0.5) is 0 Å². The Balaban J connectivity index is -0.000000495. The largest absolute Gasteiger partial charge is 3.00 e. The molecule has 141 valence electrons. The normalized spacial score (nSPS) is 7.93. The third-order valence-corrected chi connectivity index (χ3v) is 2.41. The Kier molecular flexibility index (Phi) is 19.0. The van der Waals surface area contributed by atoms with Crippen molar-refractivity contribution in [3.8, 4) is 0 Å². The van der Waals surface area contributed by atoms with Crippen LogP contribution in [0.3, 0.4) is 0 Å². The Morgan fingerprint density at radius 2 is 0.889 bits per heavy atom.